The summed E-state index contributed by atoms with van der Waals surface area (Å²) in [5, 5.41) is 3.28. The Labute approximate surface area is 149 Å². The highest BCUT2D eigenvalue weighted by molar-refractivity contribution is 6.07. The molecule has 1 amide bonds. The summed E-state index contributed by atoms with van der Waals surface area (Å²) in [4.78, 5) is 39.6. The topological polar surface area (TPSA) is 88.3 Å². The molecule has 0 saturated heterocycles. The molecule has 132 valence electrons. The molecule has 0 saturated carbocycles. The summed E-state index contributed by atoms with van der Waals surface area (Å²) < 4.78 is 4.83. The van der Waals surface area contributed by atoms with Gasteiger partial charge in [-0.25, -0.2) is 4.79 Å². The lowest BCUT2D eigenvalue weighted by Gasteiger charge is -2.18. The van der Waals surface area contributed by atoms with Crippen molar-refractivity contribution < 1.29 is 14.3 Å². The Bertz CT molecular complexity index is 1040. The molecule has 0 bridgehead atoms. The second-order valence-electron chi connectivity index (χ2n) is 5.94. The van der Waals surface area contributed by atoms with Gasteiger partial charge in [0.1, 0.15) is 0 Å². The van der Waals surface area contributed by atoms with Crippen LogP contribution in [0, 0.1) is 6.92 Å². The number of benzene rings is 2. The first-order chi connectivity index (χ1) is 12.5. The fraction of sp³-hybridized carbons (Fsp3) is 0.150. The summed E-state index contributed by atoms with van der Waals surface area (Å²) in [6, 6.07) is 14.5. The van der Waals surface area contributed by atoms with Crippen molar-refractivity contribution >= 4 is 22.8 Å². The molecule has 1 unspecified atom stereocenters. The summed E-state index contributed by atoms with van der Waals surface area (Å²) in [5.74, 6) is -1.11. The molecule has 3 aromatic rings. The van der Waals surface area contributed by atoms with Crippen LogP contribution < -0.4 is 10.9 Å². The molecule has 6 nitrogen and oxygen atoms in total. The maximum atomic E-state index is 12.8. The third-order valence-corrected chi connectivity index (χ3v) is 4.08. The molecule has 1 atom stereocenters. The lowest BCUT2D eigenvalue weighted by Crippen LogP contribution is -2.35. The summed E-state index contributed by atoms with van der Waals surface area (Å²) in [6.45, 7) is 1.89. The van der Waals surface area contributed by atoms with Gasteiger partial charge in [-0.05, 0) is 18.6 Å². The number of hydrogen-bond donors (Lipinski definition) is 2. The van der Waals surface area contributed by atoms with Crippen LogP contribution >= 0.6 is 0 Å². The molecule has 0 radical (unpaired) electrons. The van der Waals surface area contributed by atoms with Crippen molar-refractivity contribution in [2.75, 3.05) is 7.11 Å². The van der Waals surface area contributed by atoms with Gasteiger partial charge in [0.05, 0.1) is 12.7 Å². The monoisotopic (exact) mass is 350 g/mol. The number of ether oxygens (including phenoxy) is 1. The van der Waals surface area contributed by atoms with Crippen molar-refractivity contribution in [2.24, 2.45) is 0 Å². The van der Waals surface area contributed by atoms with Crippen molar-refractivity contribution in [3.63, 3.8) is 0 Å². The largest absolute Gasteiger partial charge is 0.467 e. The Hall–Kier alpha value is -3.41. The van der Waals surface area contributed by atoms with Crippen LogP contribution in [0.3, 0.4) is 0 Å². The van der Waals surface area contributed by atoms with Crippen LogP contribution in [0.2, 0.25) is 0 Å². The number of aromatic amines is 1. The molecule has 26 heavy (non-hydrogen) atoms. The minimum absolute atomic E-state index is 0.200. The van der Waals surface area contributed by atoms with Crippen LogP contribution in [-0.2, 0) is 9.53 Å². The molecule has 6 heteroatoms. The number of hydrogen-bond acceptors (Lipinski definition) is 4. The number of pyridine rings is 1. The lowest BCUT2D eigenvalue weighted by molar-refractivity contribution is -0.143. The predicted molar refractivity (Wildman–Crippen MR) is 98.0 cm³/mol. The molecule has 0 spiro atoms. The number of methoxy groups -OCH3 is 1. The van der Waals surface area contributed by atoms with Gasteiger partial charge < -0.3 is 15.0 Å². The first kappa shape index (κ1) is 17.4. The van der Waals surface area contributed by atoms with Gasteiger partial charge in [-0.3, -0.25) is 9.59 Å². The normalized spacial score (nSPS) is 11.8. The van der Waals surface area contributed by atoms with Gasteiger partial charge in [0.15, 0.2) is 6.04 Å². The minimum Gasteiger partial charge on any atom is -0.467 e. The standard InChI is InChI=1S/C20H18N2O4/c1-12-6-5-7-13(10-12)18(20(25)26-2)22-19(24)15-11-17(23)21-16-9-4-3-8-14(15)16/h3-11,18H,1-2H3,(H,21,23)(H,22,24). The van der Waals surface area contributed by atoms with E-state index in [1.54, 1.807) is 42.5 Å². The highest BCUT2D eigenvalue weighted by atomic mass is 16.5. The number of rotatable bonds is 4. The summed E-state index contributed by atoms with van der Waals surface area (Å²) >= 11 is 0. The third-order valence-electron chi connectivity index (χ3n) is 4.08. The number of aryl methyl sites for hydroxylation is 1. The van der Waals surface area contributed by atoms with Crippen molar-refractivity contribution in [3.8, 4) is 0 Å². The molecule has 0 aliphatic heterocycles. The molecule has 0 aliphatic carbocycles. The van der Waals surface area contributed by atoms with Gasteiger partial charge >= 0.3 is 5.97 Å². The number of nitrogens with one attached hydrogen (secondary N) is 2. The van der Waals surface area contributed by atoms with Crippen molar-refractivity contribution in [1.29, 1.82) is 0 Å². The van der Waals surface area contributed by atoms with Gasteiger partial charge in [0, 0.05) is 17.0 Å². The zero-order valence-corrected chi connectivity index (χ0v) is 14.4. The summed E-state index contributed by atoms with van der Waals surface area (Å²) in [6.07, 6.45) is 0. The average molecular weight is 350 g/mol. The van der Waals surface area contributed by atoms with Crippen LogP contribution in [0.4, 0.5) is 0 Å². The van der Waals surface area contributed by atoms with E-state index in [1.807, 2.05) is 13.0 Å². The fourth-order valence-electron chi connectivity index (χ4n) is 2.85. The highest BCUT2D eigenvalue weighted by Gasteiger charge is 2.25. The van der Waals surface area contributed by atoms with Gasteiger partial charge in [-0.1, -0.05) is 48.0 Å². The Balaban J connectivity index is 2.01. The van der Waals surface area contributed by atoms with Crippen molar-refractivity contribution in [2.45, 2.75) is 13.0 Å². The molecule has 3 rings (SSSR count). The van der Waals surface area contributed by atoms with Crippen LogP contribution in [0.25, 0.3) is 10.9 Å². The van der Waals surface area contributed by atoms with Crippen LogP contribution in [0.5, 0.6) is 0 Å². The van der Waals surface area contributed by atoms with Gasteiger partial charge in [-0.15, -0.1) is 0 Å². The van der Waals surface area contributed by atoms with Crippen molar-refractivity contribution in [1.82, 2.24) is 10.3 Å². The number of para-hydroxylation sites is 1. The number of carbonyl (C=O) groups excluding carboxylic acids is 2. The Morgan fingerprint density at radius 3 is 2.58 bits per heavy atom. The molecular weight excluding hydrogens is 332 g/mol. The zero-order valence-electron chi connectivity index (χ0n) is 14.4. The summed E-state index contributed by atoms with van der Waals surface area (Å²) in [5.41, 5.74) is 1.92. The van der Waals surface area contributed by atoms with Crippen LogP contribution in [-0.4, -0.2) is 24.0 Å². The maximum absolute atomic E-state index is 12.8. The van der Waals surface area contributed by atoms with E-state index in [2.05, 4.69) is 10.3 Å². The number of esters is 1. The molecule has 1 heterocycles. The highest BCUT2D eigenvalue weighted by Crippen LogP contribution is 2.19. The van der Waals surface area contributed by atoms with E-state index in [0.717, 1.165) is 5.56 Å². The minimum atomic E-state index is -0.967. The first-order valence-corrected chi connectivity index (χ1v) is 8.07. The van der Waals surface area contributed by atoms with E-state index < -0.39 is 17.9 Å². The van der Waals surface area contributed by atoms with Crippen LogP contribution in [0.15, 0.2) is 59.4 Å². The summed E-state index contributed by atoms with van der Waals surface area (Å²) in [7, 11) is 1.26. The SMILES string of the molecule is COC(=O)C(NC(=O)c1cc(=O)[nH]c2ccccc12)c1cccc(C)c1. The molecule has 2 aromatic carbocycles. The zero-order chi connectivity index (χ0) is 18.7. The molecule has 0 aliphatic rings. The molecule has 0 fully saturated rings. The number of carbonyl (C=O) groups is 2. The quantitative estimate of drug-likeness (QED) is 0.708. The van der Waals surface area contributed by atoms with E-state index >= 15 is 0 Å². The van der Waals surface area contributed by atoms with Crippen molar-refractivity contribution in [3.05, 3.63) is 81.6 Å². The van der Waals surface area contributed by atoms with E-state index in [0.29, 0.717) is 16.5 Å². The van der Waals surface area contributed by atoms with Gasteiger partial charge in [0.2, 0.25) is 5.56 Å². The predicted octanol–water partition coefficient (Wildman–Crippen LogP) is 2.48. The van der Waals surface area contributed by atoms with E-state index in [4.69, 9.17) is 4.74 Å². The Morgan fingerprint density at radius 2 is 1.85 bits per heavy atom. The van der Waals surface area contributed by atoms with Gasteiger partial charge in [-0.2, -0.15) is 0 Å². The number of amides is 1. The number of fused-ring (bicyclic) bond motifs is 1. The molecule has 2 N–H and O–H groups in total. The van der Waals surface area contributed by atoms with Crippen LogP contribution in [0.1, 0.15) is 27.5 Å². The second kappa shape index (κ2) is 7.23. The van der Waals surface area contributed by atoms with E-state index in [1.165, 1.54) is 13.2 Å². The maximum Gasteiger partial charge on any atom is 0.333 e. The average Bonchev–Trinajstić information content (AvgIpc) is 2.64. The number of H-pyrrole nitrogens is 1. The fourth-order valence-corrected chi connectivity index (χ4v) is 2.85. The smallest absolute Gasteiger partial charge is 0.333 e. The third kappa shape index (κ3) is 3.49. The lowest BCUT2D eigenvalue weighted by atomic mass is 10.0. The van der Waals surface area contributed by atoms with Gasteiger partial charge in [0.25, 0.3) is 5.91 Å². The van der Waals surface area contributed by atoms with E-state index in [-0.39, 0.29) is 11.1 Å². The molecule has 1 aromatic heterocycles. The number of aromatic nitrogens is 1. The Morgan fingerprint density at radius 1 is 1.08 bits per heavy atom. The second-order valence-corrected chi connectivity index (χ2v) is 5.94. The van der Waals surface area contributed by atoms with E-state index in [9.17, 15) is 14.4 Å². The first-order valence-electron chi connectivity index (χ1n) is 8.07. The Kier molecular flexibility index (Phi) is 4.84. The molecular formula is C20H18N2O4.